The van der Waals surface area contributed by atoms with Gasteiger partial charge >= 0.3 is 5.97 Å². The molecule has 4 rings (SSSR count). The molecule has 0 bridgehead atoms. The Morgan fingerprint density at radius 3 is 2.48 bits per heavy atom. The minimum Gasteiger partial charge on any atom is -0.480 e. The smallest absolute Gasteiger partial charge is 0.324 e. The van der Waals surface area contributed by atoms with Crippen molar-refractivity contribution in [3.8, 4) is 11.9 Å². The van der Waals surface area contributed by atoms with Crippen molar-refractivity contribution in [1.82, 2.24) is 9.55 Å². The summed E-state index contributed by atoms with van der Waals surface area (Å²) in [5.74, 6) is -0.817. The van der Waals surface area contributed by atoms with Crippen LogP contribution in [0.1, 0.15) is 5.56 Å². The lowest BCUT2D eigenvalue weighted by Crippen LogP contribution is -2.35. The van der Waals surface area contributed by atoms with Gasteiger partial charge < -0.3 is 9.67 Å². The summed E-state index contributed by atoms with van der Waals surface area (Å²) in [4.78, 5) is 15.6. The second-order valence-electron chi connectivity index (χ2n) is 6.95. The molecule has 0 fully saturated rings. The highest BCUT2D eigenvalue weighted by Gasteiger charge is 2.28. The standard InChI is InChI=1S/C22H14Cl2N4O4S/c23-16-9-17(24)11-19(10-16)33(31,32)28(13-22(29)30)18-1-2-20-15(8-18)4-6-27(20)21-7-14(12-25)3-5-26-21/h1-11H,13H2,(H,29,30). The van der Waals surface area contributed by atoms with Crippen molar-refractivity contribution >= 4 is 55.8 Å². The van der Waals surface area contributed by atoms with Gasteiger partial charge in [0.25, 0.3) is 10.0 Å². The summed E-state index contributed by atoms with van der Waals surface area (Å²) in [5.41, 5.74) is 1.29. The van der Waals surface area contributed by atoms with E-state index in [1.54, 1.807) is 41.1 Å². The summed E-state index contributed by atoms with van der Waals surface area (Å²) in [7, 11) is -4.29. The minimum atomic E-state index is -4.29. The van der Waals surface area contributed by atoms with Gasteiger partial charge in [0.15, 0.2) is 0 Å². The molecular weight excluding hydrogens is 487 g/mol. The first kappa shape index (κ1) is 22.6. The first-order chi connectivity index (χ1) is 15.7. The third kappa shape index (κ3) is 4.50. The molecule has 4 aromatic rings. The Kier molecular flexibility index (Phi) is 5.99. The quantitative estimate of drug-likeness (QED) is 0.416. The highest BCUT2D eigenvalue weighted by atomic mass is 35.5. The Hall–Kier alpha value is -3.58. The zero-order valence-electron chi connectivity index (χ0n) is 16.7. The summed E-state index contributed by atoms with van der Waals surface area (Å²) in [5, 5.41) is 19.4. The van der Waals surface area contributed by atoms with Crippen LogP contribution in [0, 0.1) is 11.3 Å². The highest BCUT2D eigenvalue weighted by Crippen LogP contribution is 2.31. The summed E-state index contributed by atoms with van der Waals surface area (Å²) >= 11 is 11.9. The number of aliphatic carboxylic acids is 1. The van der Waals surface area contributed by atoms with E-state index in [4.69, 9.17) is 28.5 Å². The van der Waals surface area contributed by atoms with Gasteiger partial charge in [0.05, 0.1) is 27.7 Å². The Morgan fingerprint density at radius 2 is 1.82 bits per heavy atom. The number of hydrogen-bond donors (Lipinski definition) is 1. The molecule has 11 heteroatoms. The summed E-state index contributed by atoms with van der Waals surface area (Å²) in [6.45, 7) is -0.801. The molecule has 2 aromatic carbocycles. The maximum Gasteiger partial charge on any atom is 0.324 e. The van der Waals surface area contributed by atoms with E-state index in [1.165, 1.54) is 30.5 Å². The molecule has 0 saturated carbocycles. The number of aromatic nitrogens is 2. The number of fused-ring (bicyclic) bond motifs is 1. The van der Waals surface area contributed by atoms with Crippen molar-refractivity contribution in [2.24, 2.45) is 0 Å². The lowest BCUT2D eigenvalue weighted by Gasteiger charge is -2.23. The van der Waals surface area contributed by atoms with Gasteiger partial charge in [0, 0.05) is 27.8 Å². The van der Waals surface area contributed by atoms with E-state index in [0.717, 1.165) is 4.31 Å². The number of carboxylic acids is 1. The molecule has 0 aliphatic rings. The van der Waals surface area contributed by atoms with Gasteiger partial charge in [-0.3, -0.25) is 9.10 Å². The minimum absolute atomic E-state index is 0.107. The van der Waals surface area contributed by atoms with Crippen molar-refractivity contribution in [1.29, 1.82) is 5.26 Å². The van der Waals surface area contributed by atoms with Crippen LogP contribution < -0.4 is 4.31 Å². The van der Waals surface area contributed by atoms with Crippen LogP contribution in [0.25, 0.3) is 16.7 Å². The number of pyridine rings is 1. The molecule has 0 aliphatic heterocycles. The summed E-state index contributed by atoms with van der Waals surface area (Å²) < 4.78 is 29.1. The van der Waals surface area contributed by atoms with Crippen molar-refractivity contribution in [2.75, 3.05) is 10.8 Å². The number of benzene rings is 2. The molecule has 2 aromatic heterocycles. The van der Waals surface area contributed by atoms with Gasteiger partial charge in [-0.1, -0.05) is 23.2 Å². The van der Waals surface area contributed by atoms with Crippen LogP contribution in [-0.2, 0) is 14.8 Å². The van der Waals surface area contributed by atoms with Crippen molar-refractivity contribution in [3.63, 3.8) is 0 Å². The Balaban J connectivity index is 1.82. The third-order valence-corrected chi connectivity index (χ3v) is 6.97. The molecule has 33 heavy (non-hydrogen) atoms. The Labute approximate surface area is 198 Å². The molecule has 166 valence electrons. The summed E-state index contributed by atoms with van der Waals surface area (Å²) in [6.07, 6.45) is 3.25. The number of sulfonamides is 1. The van der Waals surface area contributed by atoms with Gasteiger partial charge in [0.2, 0.25) is 0 Å². The van der Waals surface area contributed by atoms with Crippen LogP contribution >= 0.6 is 23.2 Å². The first-order valence-electron chi connectivity index (χ1n) is 9.37. The summed E-state index contributed by atoms with van der Waals surface area (Å²) in [6, 6.07) is 15.5. The maximum absolute atomic E-state index is 13.3. The predicted molar refractivity (Wildman–Crippen MR) is 124 cm³/mol. The average Bonchev–Trinajstić information content (AvgIpc) is 3.20. The fourth-order valence-corrected chi connectivity index (χ4v) is 5.48. The Morgan fingerprint density at radius 1 is 1.09 bits per heavy atom. The molecule has 0 aliphatic carbocycles. The van der Waals surface area contributed by atoms with E-state index in [1.807, 2.05) is 0 Å². The van der Waals surface area contributed by atoms with E-state index in [0.29, 0.717) is 22.3 Å². The SMILES string of the molecule is N#Cc1ccnc(-n2ccc3cc(N(CC(=O)O)S(=O)(=O)c4cc(Cl)cc(Cl)c4)ccc32)c1. The first-order valence-corrected chi connectivity index (χ1v) is 11.6. The van der Waals surface area contributed by atoms with Crippen molar-refractivity contribution < 1.29 is 18.3 Å². The fourth-order valence-electron chi connectivity index (χ4n) is 3.35. The third-order valence-electron chi connectivity index (χ3n) is 4.79. The molecule has 8 nitrogen and oxygen atoms in total. The topological polar surface area (TPSA) is 116 Å². The number of carbonyl (C=O) groups is 1. The number of rotatable bonds is 6. The molecule has 0 spiro atoms. The maximum atomic E-state index is 13.3. The molecule has 0 atom stereocenters. The second-order valence-corrected chi connectivity index (χ2v) is 9.69. The zero-order valence-corrected chi connectivity index (χ0v) is 19.0. The van der Waals surface area contributed by atoms with Crippen LogP contribution in [0.3, 0.4) is 0 Å². The Bertz CT molecular complexity index is 1520. The zero-order chi connectivity index (χ0) is 23.8. The molecule has 0 amide bonds. The van der Waals surface area contributed by atoms with Gasteiger partial charge in [-0.15, -0.1) is 0 Å². The molecule has 0 saturated heterocycles. The monoisotopic (exact) mass is 500 g/mol. The normalized spacial score (nSPS) is 11.3. The van der Waals surface area contributed by atoms with Crippen LogP contribution in [-0.4, -0.2) is 35.6 Å². The van der Waals surface area contributed by atoms with Crippen LogP contribution in [0.2, 0.25) is 10.0 Å². The van der Waals surface area contributed by atoms with Gasteiger partial charge in [-0.05, 0) is 54.6 Å². The lowest BCUT2D eigenvalue weighted by molar-refractivity contribution is -0.135. The van der Waals surface area contributed by atoms with Crippen LogP contribution in [0.5, 0.6) is 0 Å². The lowest BCUT2D eigenvalue weighted by atomic mass is 10.2. The highest BCUT2D eigenvalue weighted by molar-refractivity contribution is 7.92. The van der Waals surface area contributed by atoms with E-state index >= 15 is 0 Å². The molecule has 0 radical (unpaired) electrons. The molecule has 0 unspecified atom stereocenters. The van der Waals surface area contributed by atoms with E-state index in [2.05, 4.69) is 11.1 Å². The van der Waals surface area contributed by atoms with Crippen LogP contribution in [0.15, 0.2) is 71.9 Å². The largest absolute Gasteiger partial charge is 0.480 e. The second kappa shape index (κ2) is 8.75. The number of halogens is 2. The molecular formula is C22H14Cl2N4O4S. The van der Waals surface area contributed by atoms with Crippen LogP contribution in [0.4, 0.5) is 5.69 Å². The molecule has 2 heterocycles. The van der Waals surface area contributed by atoms with Crippen molar-refractivity contribution in [2.45, 2.75) is 4.90 Å². The van der Waals surface area contributed by atoms with E-state index in [-0.39, 0.29) is 20.6 Å². The number of hydrogen-bond acceptors (Lipinski definition) is 5. The number of carboxylic acid groups (broad SMARTS) is 1. The average molecular weight is 501 g/mol. The number of nitriles is 1. The van der Waals surface area contributed by atoms with E-state index in [9.17, 15) is 18.3 Å². The van der Waals surface area contributed by atoms with Crippen molar-refractivity contribution in [3.05, 3.63) is 82.6 Å². The number of anilines is 1. The molecule has 1 N–H and O–H groups in total. The van der Waals surface area contributed by atoms with Gasteiger partial charge in [-0.25, -0.2) is 13.4 Å². The van der Waals surface area contributed by atoms with Gasteiger partial charge in [0.1, 0.15) is 12.4 Å². The van der Waals surface area contributed by atoms with Gasteiger partial charge in [-0.2, -0.15) is 5.26 Å². The van der Waals surface area contributed by atoms with E-state index < -0.39 is 22.5 Å². The fraction of sp³-hybridized carbons (Fsp3) is 0.0455. The predicted octanol–water partition coefficient (Wildman–Crippen LogP) is 4.48. The number of nitrogens with zero attached hydrogens (tertiary/aromatic N) is 4.